The fraction of sp³-hybridized carbons (Fsp3) is 0.119. The summed E-state index contributed by atoms with van der Waals surface area (Å²) in [5, 5.41) is 3.47. The molecular weight excluding hydrogens is 612 g/mol. The van der Waals surface area contributed by atoms with Gasteiger partial charge in [-0.15, -0.1) is 0 Å². The number of hydrogen-bond donors (Lipinski definition) is 2. The molecule has 0 saturated carbocycles. The first kappa shape index (κ1) is 32.7. The van der Waals surface area contributed by atoms with Crippen molar-refractivity contribution >= 4 is 17.7 Å². The van der Waals surface area contributed by atoms with Crippen LogP contribution in [0.25, 0.3) is 0 Å². The van der Waals surface area contributed by atoms with Crippen LogP contribution in [-0.2, 0) is 19.4 Å². The predicted molar refractivity (Wildman–Crippen MR) is 194 cm³/mol. The number of benzene rings is 6. The van der Waals surface area contributed by atoms with Crippen LogP contribution in [0.15, 0.2) is 146 Å². The van der Waals surface area contributed by atoms with Crippen LogP contribution in [0.1, 0.15) is 27.0 Å². The summed E-state index contributed by atoms with van der Waals surface area (Å²) in [6.45, 7) is 2.19. The maximum absolute atomic E-state index is 10.5. The van der Waals surface area contributed by atoms with Crippen molar-refractivity contribution < 1.29 is 23.7 Å². The molecule has 2 aliphatic rings. The van der Waals surface area contributed by atoms with Gasteiger partial charge in [-0.1, -0.05) is 91.0 Å². The van der Waals surface area contributed by atoms with Gasteiger partial charge in [0.1, 0.15) is 28.7 Å². The molecule has 0 saturated heterocycles. The average molecular weight is 651 g/mol. The molecule has 0 fully saturated rings. The van der Waals surface area contributed by atoms with Crippen molar-refractivity contribution in [3.05, 3.63) is 168 Å². The molecule has 0 aliphatic carbocycles. The predicted octanol–water partition coefficient (Wildman–Crippen LogP) is 9.52. The van der Waals surface area contributed by atoms with E-state index in [0.29, 0.717) is 30.2 Å². The Morgan fingerprint density at radius 1 is 0.592 bits per heavy atom. The molecule has 2 heterocycles. The van der Waals surface area contributed by atoms with E-state index in [1.54, 1.807) is 6.07 Å². The molecule has 6 aromatic carbocycles. The number of aldehydes is 1. The quantitative estimate of drug-likeness (QED) is 0.125. The molecule has 0 amide bonds. The highest BCUT2D eigenvalue weighted by atomic mass is 16.5. The number of anilines is 2. The number of rotatable bonds is 8. The zero-order chi connectivity index (χ0) is 33.7. The van der Waals surface area contributed by atoms with Gasteiger partial charge in [0.25, 0.3) is 0 Å². The molecule has 0 unspecified atom stereocenters. The number of carbonyl (C=O) groups is 1. The maximum atomic E-state index is 10.5. The molecule has 49 heavy (non-hydrogen) atoms. The Kier molecular flexibility index (Phi) is 11.1. The van der Waals surface area contributed by atoms with E-state index in [2.05, 4.69) is 23.5 Å². The van der Waals surface area contributed by atoms with E-state index < -0.39 is 0 Å². The second kappa shape index (κ2) is 16.6. The van der Waals surface area contributed by atoms with Gasteiger partial charge >= 0.3 is 0 Å². The zero-order valence-corrected chi connectivity index (χ0v) is 27.1. The first-order chi connectivity index (χ1) is 24.2. The molecule has 0 spiro atoms. The van der Waals surface area contributed by atoms with Crippen LogP contribution in [0.5, 0.6) is 34.5 Å². The fourth-order valence-corrected chi connectivity index (χ4v) is 5.45. The van der Waals surface area contributed by atoms with Crippen LogP contribution in [0.2, 0.25) is 0 Å². The van der Waals surface area contributed by atoms with Gasteiger partial charge in [-0.2, -0.15) is 0 Å². The summed E-state index contributed by atoms with van der Waals surface area (Å²) in [6.07, 6.45) is 2.76. The van der Waals surface area contributed by atoms with Gasteiger partial charge in [-0.25, -0.2) is 0 Å². The molecule has 6 aromatic rings. The average Bonchev–Trinajstić information content (AvgIpc) is 3.84. The number of ether oxygens (including phenoxy) is 4. The highest BCUT2D eigenvalue weighted by Gasteiger charge is 2.16. The number of hydrogen-bond acceptors (Lipinski definition) is 7. The molecule has 0 radical (unpaired) electrons. The molecule has 246 valence electrons. The van der Waals surface area contributed by atoms with Crippen molar-refractivity contribution in [2.45, 2.75) is 19.4 Å². The van der Waals surface area contributed by atoms with Crippen LogP contribution < -0.4 is 30.0 Å². The summed E-state index contributed by atoms with van der Waals surface area (Å²) in [5.74, 6) is 4.95. The molecule has 8 rings (SSSR count). The Morgan fingerprint density at radius 2 is 1.14 bits per heavy atom. The minimum absolute atomic E-state index is 0.649. The van der Waals surface area contributed by atoms with Gasteiger partial charge in [0.05, 0.1) is 30.2 Å². The summed E-state index contributed by atoms with van der Waals surface area (Å²) < 4.78 is 22.6. The van der Waals surface area contributed by atoms with E-state index in [9.17, 15) is 4.79 Å². The minimum Gasteiger partial charge on any atom is -0.493 e. The largest absolute Gasteiger partial charge is 0.493 e. The topological polar surface area (TPSA) is 92.0 Å². The second-order valence-electron chi connectivity index (χ2n) is 11.3. The minimum atomic E-state index is 0.649. The van der Waals surface area contributed by atoms with Crippen molar-refractivity contribution in [3.63, 3.8) is 0 Å². The molecule has 0 bridgehead atoms. The third-order valence-corrected chi connectivity index (χ3v) is 7.89. The van der Waals surface area contributed by atoms with E-state index in [4.69, 9.17) is 24.7 Å². The summed E-state index contributed by atoms with van der Waals surface area (Å²) >= 11 is 0. The van der Waals surface area contributed by atoms with Crippen LogP contribution in [-0.4, -0.2) is 19.5 Å². The SMILES string of the molecule is Nc1ccccc1Oc1ccccc1.O=Cc1cccc2c1OCC2.c1ccc(Oc2ccccc2NCc2cccc3c2OCC3)cc1. The smallest absolute Gasteiger partial charge is 0.153 e. The number of para-hydroxylation sites is 8. The number of carbonyl (C=O) groups excluding carboxylic acids is 1. The highest BCUT2D eigenvalue weighted by molar-refractivity contribution is 5.80. The first-order valence-electron chi connectivity index (χ1n) is 16.2. The monoisotopic (exact) mass is 650 g/mol. The van der Waals surface area contributed by atoms with Crippen molar-refractivity contribution in [2.75, 3.05) is 24.3 Å². The van der Waals surface area contributed by atoms with Crippen LogP contribution in [0.4, 0.5) is 11.4 Å². The molecule has 0 atom stereocenters. The van der Waals surface area contributed by atoms with Crippen LogP contribution >= 0.6 is 0 Å². The molecule has 3 N–H and O–H groups in total. The standard InChI is InChI=1S/C21H19NO2.C12H11NO.C9H8O2/c1-2-9-18(10-3-1)24-20-12-5-4-11-19(20)22-15-17-8-6-7-16-13-14-23-21(16)17;13-11-8-4-5-9-12(11)14-10-6-2-1-3-7-10;10-6-8-3-1-2-7-4-5-11-9(7)8/h1-12,22H,13-15H2;1-9H,13H2;1-3,6H,4-5H2. The fourth-order valence-electron chi connectivity index (χ4n) is 5.45. The van der Waals surface area contributed by atoms with E-state index in [-0.39, 0.29) is 0 Å². The Hall–Kier alpha value is -6.21. The number of fused-ring (bicyclic) bond motifs is 2. The summed E-state index contributed by atoms with van der Waals surface area (Å²) in [7, 11) is 0. The Bertz CT molecular complexity index is 1960. The first-order valence-corrected chi connectivity index (χ1v) is 16.2. The lowest BCUT2D eigenvalue weighted by Crippen LogP contribution is -2.02. The molecule has 7 heteroatoms. The van der Waals surface area contributed by atoms with Crippen LogP contribution in [0.3, 0.4) is 0 Å². The lowest BCUT2D eigenvalue weighted by molar-refractivity contribution is 0.112. The molecule has 0 aromatic heterocycles. The van der Waals surface area contributed by atoms with E-state index >= 15 is 0 Å². The molecule has 2 aliphatic heterocycles. The zero-order valence-electron chi connectivity index (χ0n) is 27.1. The van der Waals surface area contributed by atoms with E-state index in [0.717, 1.165) is 65.7 Å². The van der Waals surface area contributed by atoms with Gasteiger partial charge in [0.15, 0.2) is 12.0 Å². The van der Waals surface area contributed by atoms with Gasteiger partial charge in [-0.05, 0) is 65.7 Å². The summed E-state index contributed by atoms with van der Waals surface area (Å²) in [6, 6.07) is 46.8. The normalized spacial score (nSPS) is 11.9. The van der Waals surface area contributed by atoms with Crippen LogP contribution in [0, 0.1) is 0 Å². The number of nitrogens with two attached hydrogens (primary N) is 1. The number of nitrogens with one attached hydrogen (secondary N) is 1. The van der Waals surface area contributed by atoms with Gasteiger partial charge in [0, 0.05) is 24.9 Å². The van der Waals surface area contributed by atoms with Crippen molar-refractivity contribution in [1.29, 1.82) is 0 Å². The lowest BCUT2D eigenvalue weighted by atomic mass is 10.1. The van der Waals surface area contributed by atoms with Crippen molar-refractivity contribution in [3.8, 4) is 34.5 Å². The third-order valence-electron chi connectivity index (χ3n) is 7.89. The van der Waals surface area contributed by atoms with Gasteiger partial charge < -0.3 is 30.0 Å². The molecule has 7 nitrogen and oxygen atoms in total. The Balaban J connectivity index is 0.000000141. The van der Waals surface area contributed by atoms with E-state index in [1.807, 2.05) is 121 Å². The lowest BCUT2D eigenvalue weighted by Gasteiger charge is -2.14. The number of nitrogen functional groups attached to an aromatic ring is 1. The summed E-state index contributed by atoms with van der Waals surface area (Å²) in [4.78, 5) is 10.5. The van der Waals surface area contributed by atoms with Gasteiger partial charge in [0.2, 0.25) is 0 Å². The molecular formula is C42H38N2O5. The highest BCUT2D eigenvalue weighted by Crippen LogP contribution is 2.33. The third kappa shape index (κ3) is 8.78. The van der Waals surface area contributed by atoms with Crippen molar-refractivity contribution in [1.82, 2.24) is 0 Å². The maximum Gasteiger partial charge on any atom is 0.153 e. The summed E-state index contributed by atoms with van der Waals surface area (Å²) in [5.41, 5.74) is 11.7. The van der Waals surface area contributed by atoms with Gasteiger partial charge in [-0.3, -0.25) is 4.79 Å². The second-order valence-corrected chi connectivity index (χ2v) is 11.3. The van der Waals surface area contributed by atoms with Crippen molar-refractivity contribution in [2.24, 2.45) is 0 Å². The Labute approximate surface area is 286 Å². The van der Waals surface area contributed by atoms with E-state index in [1.165, 1.54) is 11.1 Å². The Morgan fingerprint density at radius 3 is 1.82 bits per heavy atom.